The number of aromatic nitrogens is 7. The topological polar surface area (TPSA) is 135 Å². The number of H-pyrrole nitrogens is 1. The number of anilines is 2. The monoisotopic (exact) mass is 568 g/mol. The molecule has 15 heteroatoms. The molecule has 0 saturated carbocycles. The number of nitrogens with one attached hydrogen (secondary N) is 1. The van der Waals surface area contributed by atoms with Crippen LogP contribution in [0.2, 0.25) is 0 Å². The molecule has 0 spiro atoms. The van der Waals surface area contributed by atoms with Gasteiger partial charge in [0.15, 0.2) is 24.3 Å². The first-order valence-electron chi connectivity index (χ1n) is 12.0. The Kier molecular flexibility index (Phi) is 7.08. The number of rotatable bonds is 9. The molecule has 208 valence electrons. The summed E-state index contributed by atoms with van der Waals surface area (Å²) in [5.41, 5.74) is 2.71. The minimum absolute atomic E-state index is 0.0386. The molecule has 1 aromatic carbocycles. The Labute approximate surface area is 229 Å². The molecule has 0 aliphatic heterocycles. The maximum absolute atomic E-state index is 15.7. The normalized spacial score (nSPS) is 11.8. The van der Waals surface area contributed by atoms with Gasteiger partial charge in [0.25, 0.3) is 0 Å². The Bertz CT molecular complexity index is 1800. The number of nitrogens with zero attached hydrogens (tertiary/aromatic N) is 8. The zero-order valence-electron chi connectivity index (χ0n) is 22.4. The van der Waals surface area contributed by atoms with Crippen LogP contribution in [0.1, 0.15) is 5.69 Å². The molecule has 4 aromatic heterocycles. The van der Waals surface area contributed by atoms with Gasteiger partial charge in [-0.3, -0.25) is 4.98 Å². The molecule has 0 aliphatic rings. The molecule has 0 fully saturated rings. The predicted octanol–water partition coefficient (Wildman–Crippen LogP) is 2.19. The van der Waals surface area contributed by atoms with Crippen LogP contribution in [0.5, 0.6) is 11.5 Å². The van der Waals surface area contributed by atoms with Crippen molar-refractivity contribution in [2.24, 2.45) is 7.05 Å². The number of hydrogen-bond donors (Lipinski definition) is 1. The third-order valence-electron chi connectivity index (χ3n) is 6.10. The Morgan fingerprint density at radius 2 is 1.93 bits per heavy atom. The lowest BCUT2D eigenvalue weighted by Crippen LogP contribution is -2.29. The minimum atomic E-state index is -3.84. The van der Waals surface area contributed by atoms with Gasteiger partial charge < -0.3 is 14.4 Å². The Hall–Kier alpha value is -4.63. The first kappa shape index (κ1) is 27.0. The van der Waals surface area contributed by atoms with Gasteiger partial charge in [-0.2, -0.15) is 27.0 Å². The smallest absolute Gasteiger partial charge is 0.322 e. The quantitative estimate of drug-likeness (QED) is 0.266. The van der Waals surface area contributed by atoms with Crippen LogP contribution in [0.15, 0.2) is 55.1 Å². The summed E-state index contributed by atoms with van der Waals surface area (Å²) < 4.78 is 55.2. The third-order valence-corrected chi connectivity index (χ3v) is 7.70. The number of ether oxygens (including phenoxy) is 2. The van der Waals surface area contributed by atoms with Crippen LogP contribution < -0.4 is 19.1 Å². The molecule has 1 N–H and O–H groups in total. The van der Waals surface area contributed by atoms with E-state index in [4.69, 9.17) is 14.5 Å². The zero-order chi connectivity index (χ0) is 28.6. The summed E-state index contributed by atoms with van der Waals surface area (Å²) in [7, 11) is 3.64. The molecule has 5 aromatic rings. The summed E-state index contributed by atoms with van der Waals surface area (Å²) in [6, 6.07) is 7.86. The Morgan fingerprint density at radius 1 is 1.12 bits per heavy atom. The van der Waals surface area contributed by atoms with Gasteiger partial charge in [0.2, 0.25) is 6.20 Å². The summed E-state index contributed by atoms with van der Waals surface area (Å²) >= 11 is 0. The van der Waals surface area contributed by atoms with E-state index in [9.17, 15) is 8.42 Å². The maximum atomic E-state index is 15.7. The lowest BCUT2D eigenvalue weighted by molar-refractivity contribution is -0.726. The van der Waals surface area contributed by atoms with Gasteiger partial charge in [-0.05, 0) is 18.2 Å². The van der Waals surface area contributed by atoms with Crippen molar-refractivity contribution in [3.05, 3.63) is 66.6 Å². The van der Waals surface area contributed by atoms with Crippen LogP contribution in [-0.4, -0.2) is 70.3 Å². The van der Waals surface area contributed by atoms with Gasteiger partial charge in [-0.25, -0.2) is 14.4 Å². The first-order chi connectivity index (χ1) is 19.1. The van der Waals surface area contributed by atoms with Gasteiger partial charge >= 0.3 is 10.2 Å². The molecular formula is C25H27FN9O4S+. The molecule has 0 atom stereocenters. The van der Waals surface area contributed by atoms with Crippen LogP contribution in [0.25, 0.3) is 22.4 Å². The largest absolute Gasteiger partial charge is 0.497 e. The Balaban J connectivity index is 1.64. The molecule has 0 aliphatic carbocycles. The molecule has 0 unspecified atom stereocenters. The molecular weight excluding hydrogens is 541 g/mol. The van der Waals surface area contributed by atoms with E-state index in [1.165, 1.54) is 52.7 Å². The van der Waals surface area contributed by atoms with E-state index in [0.717, 1.165) is 14.0 Å². The summed E-state index contributed by atoms with van der Waals surface area (Å²) in [5.74, 6) is -0.0339. The number of aryl methyl sites for hydroxylation is 1. The number of fused-ring (bicyclic) bond motifs is 1. The SMILES string of the molecule is COc1cc(OC)c(F)c(N(Cc2ccn(S(=O)(=O)N(C)C)n2)c2ccc3ncc(-c4c[nH][n+](C)c4)nc3n2)c1. The second kappa shape index (κ2) is 10.5. The van der Waals surface area contributed by atoms with Crippen molar-refractivity contribution < 1.29 is 27.0 Å². The highest BCUT2D eigenvalue weighted by Gasteiger charge is 2.24. The summed E-state index contributed by atoms with van der Waals surface area (Å²) in [6.07, 6.45) is 6.63. The van der Waals surface area contributed by atoms with Crippen LogP contribution in [0.4, 0.5) is 15.9 Å². The molecule has 0 saturated heterocycles. The van der Waals surface area contributed by atoms with Gasteiger partial charge in [-0.1, -0.05) is 0 Å². The van der Waals surface area contributed by atoms with E-state index in [-0.39, 0.29) is 18.0 Å². The lowest BCUT2D eigenvalue weighted by atomic mass is 10.2. The number of benzene rings is 1. The van der Waals surface area contributed by atoms with Crippen molar-refractivity contribution in [1.82, 2.24) is 33.5 Å². The molecule has 0 bridgehead atoms. The van der Waals surface area contributed by atoms with Gasteiger partial charge in [0.05, 0.1) is 55.8 Å². The average Bonchev–Trinajstić information content (AvgIpc) is 3.61. The van der Waals surface area contributed by atoms with Crippen molar-refractivity contribution in [2.45, 2.75) is 6.54 Å². The van der Waals surface area contributed by atoms with E-state index in [0.29, 0.717) is 34.1 Å². The van der Waals surface area contributed by atoms with Crippen LogP contribution in [0, 0.1) is 5.82 Å². The second-order valence-electron chi connectivity index (χ2n) is 8.95. The van der Waals surface area contributed by atoms with Crippen LogP contribution in [0.3, 0.4) is 0 Å². The summed E-state index contributed by atoms with van der Waals surface area (Å²) in [4.78, 5) is 15.4. The van der Waals surface area contributed by atoms with E-state index in [2.05, 4.69) is 20.2 Å². The van der Waals surface area contributed by atoms with E-state index >= 15 is 4.39 Å². The highest BCUT2D eigenvalue weighted by Crippen LogP contribution is 2.37. The first-order valence-corrected chi connectivity index (χ1v) is 13.3. The molecule has 0 amide bonds. The highest BCUT2D eigenvalue weighted by atomic mass is 32.2. The number of halogens is 1. The molecule has 0 radical (unpaired) electrons. The van der Waals surface area contributed by atoms with E-state index in [1.807, 2.05) is 13.2 Å². The number of aromatic amines is 1. The van der Waals surface area contributed by atoms with Crippen LogP contribution in [-0.2, 0) is 23.8 Å². The van der Waals surface area contributed by atoms with Crippen molar-refractivity contribution in [3.8, 4) is 22.8 Å². The molecule has 40 heavy (non-hydrogen) atoms. The fourth-order valence-corrected chi connectivity index (χ4v) is 4.73. The Morgan fingerprint density at radius 3 is 2.60 bits per heavy atom. The van der Waals surface area contributed by atoms with E-state index < -0.39 is 16.0 Å². The average molecular weight is 569 g/mol. The van der Waals surface area contributed by atoms with Crippen molar-refractivity contribution in [3.63, 3.8) is 0 Å². The van der Waals surface area contributed by atoms with Crippen LogP contribution >= 0.6 is 0 Å². The van der Waals surface area contributed by atoms with Gasteiger partial charge in [-0.15, -0.1) is 4.68 Å². The third kappa shape index (κ3) is 5.03. The number of hydrogen-bond acceptors (Lipinski definition) is 9. The number of methoxy groups -OCH3 is 2. The molecule has 5 rings (SSSR count). The van der Waals surface area contributed by atoms with Gasteiger partial charge in [0.1, 0.15) is 17.1 Å². The minimum Gasteiger partial charge on any atom is -0.497 e. The van der Waals surface area contributed by atoms with E-state index in [1.54, 1.807) is 34.1 Å². The van der Waals surface area contributed by atoms with Crippen molar-refractivity contribution in [2.75, 3.05) is 33.2 Å². The van der Waals surface area contributed by atoms with Crippen molar-refractivity contribution >= 4 is 32.9 Å². The standard InChI is InChI=1S/C25H26FN9O4S/c1-32(2)40(36,37)35-9-8-17(31-35)15-34(21-10-18(38-4)11-22(39-5)24(21)26)23-7-6-19-25(30-23)29-20(13-27-19)16-12-28-33(3)14-16/h6-14H,15H2,1-5H3/p+1. The zero-order valence-corrected chi connectivity index (χ0v) is 23.2. The molecule has 4 heterocycles. The summed E-state index contributed by atoms with van der Waals surface area (Å²) in [5, 5.41) is 7.27. The maximum Gasteiger partial charge on any atom is 0.322 e. The fourth-order valence-electron chi connectivity index (χ4n) is 3.97. The molecule has 13 nitrogen and oxygen atoms in total. The fraction of sp³-hybridized carbons (Fsp3) is 0.240. The van der Waals surface area contributed by atoms with Crippen molar-refractivity contribution in [1.29, 1.82) is 0 Å². The highest BCUT2D eigenvalue weighted by molar-refractivity contribution is 7.87. The van der Waals surface area contributed by atoms with Gasteiger partial charge in [0, 0.05) is 32.4 Å². The number of pyridine rings is 1. The summed E-state index contributed by atoms with van der Waals surface area (Å²) in [6.45, 7) is -0.0392. The lowest BCUT2D eigenvalue weighted by Gasteiger charge is -2.25. The predicted molar refractivity (Wildman–Crippen MR) is 144 cm³/mol. The second-order valence-corrected chi connectivity index (χ2v) is 11.0.